The third kappa shape index (κ3) is 6.03. The van der Waals surface area contributed by atoms with Gasteiger partial charge in [0.25, 0.3) is 0 Å². The highest BCUT2D eigenvalue weighted by Crippen LogP contribution is 2.47. The minimum Gasteiger partial charge on any atom is -0.481 e. The molecule has 2 aliphatic rings. The monoisotopic (exact) mass is 372 g/mol. The molecule has 2 aliphatic carbocycles. The van der Waals surface area contributed by atoms with E-state index in [0.29, 0.717) is 19.3 Å². The molecule has 27 heavy (non-hydrogen) atoms. The number of carbonyl (C=O) groups is 2. The maximum absolute atomic E-state index is 12.1. The van der Waals surface area contributed by atoms with Crippen LogP contribution in [0.5, 0.6) is 0 Å². The lowest BCUT2D eigenvalue weighted by Crippen LogP contribution is -2.40. The van der Waals surface area contributed by atoms with Crippen LogP contribution in [0.25, 0.3) is 0 Å². The Kier molecular flexibility index (Phi) is 8.23. The van der Waals surface area contributed by atoms with Gasteiger partial charge < -0.3 is 10.2 Å². The van der Waals surface area contributed by atoms with Crippen molar-refractivity contribution in [2.75, 3.05) is 0 Å². The number of ketones is 1. The predicted octanol–water partition coefficient (Wildman–Crippen LogP) is 4.61. The molecule has 0 amide bonds. The second-order valence-corrected chi connectivity index (χ2v) is 7.76. The molecular formula is C23H32O4. The van der Waals surface area contributed by atoms with Crippen LogP contribution in [-0.4, -0.2) is 28.1 Å². The molecule has 1 unspecified atom stereocenters. The average Bonchev–Trinajstić information content (AvgIpc) is 2.95. The van der Waals surface area contributed by atoms with Gasteiger partial charge in [0, 0.05) is 23.7 Å². The Hall–Kier alpha value is -1.94. The lowest BCUT2D eigenvalue weighted by Gasteiger charge is -2.44. The highest BCUT2D eigenvalue weighted by Gasteiger charge is 2.41. The highest BCUT2D eigenvalue weighted by atomic mass is 16.4. The third-order valence-corrected chi connectivity index (χ3v) is 5.88. The molecule has 0 spiro atoms. The van der Waals surface area contributed by atoms with Gasteiger partial charge in [0.2, 0.25) is 0 Å². The van der Waals surface area contributed by atoms with Crippen molar-refractivity contribution in [3.8, 4) is 0 Å². The van der Waals surface area contributed by atoms with E-state index in [-0.39, 0.29) is 29.5 Å². The molecule has 0 aromatic rings. The molecule has 2 N–H and O–H groups in total. The van der Waals surface area contributed by atoms with Crippen LogP contribution in [0.4, 0.5) is 0 Å². The standard InChI is InChI=1S/C23H32O4/c1-2-3-15-23(16-8-17-23)21(25)14-12-18-11-13-20(24)19(18)9-6-4-5-7-10-22(26)27/h2-4,6,11-14,18-19,21,25H,5,7-10,15-17H2,1H3,(H,26,27)/t18-,19-,21?/m1/s1. The number of hydrogen-bond acceptors (Lipinski definition) is 3. The number of aliphatic hydroxyl groups excluding tert-OH is 1. The molecule has 0 aliphatic heterocycles. The minimum atomic E-state index is -0.777. The summed E-state index contributed by atoms with van der Waals surface area (Å²) in [6, 6.07) is 0. The van der Waals surface area contributed by atoms with Gasteiger partial charge in [-0.3, -0.25) is 9.59 Å². The van der Waals surface area contributed by atoms with Gasteiger partial charge in [0.15, 0.2) is 5.78 Å². The van der Waals surface area contributed by atoms with Crippen molar-refractivity contribution >= 4 is 11.8 Å². The summed E-state index contributed by atoms with van der Waals surface area (Å²) in [5.41, 5.74) is -0.0329. The Bertz CT molecular complexity index is 622. The SMILES string of the molecule is CC=CCC1(C(O)C=C[C@H]2C=CC(=O)[C@@H]2CC=CCCCC(=O)O)CCC1. The van der Waals surface area contributed by atoms with Crippen molar-refractivity contribution in [1.82, 2.24) is 0 Å². The van der Waals surface area contributed by atoms with Gasteiger partial charge in [-0.15, -0.1) is 0 Å². The molecule has 0 aromatic carbocycles. The van der Waals surface area contributed by atoms with E-state index < -0.39 is 12.1 Å². The summed E-state index contributed by atoms with van der Waals surface area (Å²) < 4.78 is 0. The molecule has 1 fully saturated rings. The van der Waals surface area contributed by atoms with Crippen molar-refractivity contribution < 1.29 is 19.8 Å². The number of rotatable bonds is 11. The molecule has 0 saturated heterocycles. The molecule has 2 rings (SSSR count). The number of hydrogen-bond donors (Lipinski definition) is 2. The molecule has 3 atom stereocenters. The van der Waals surface area contributed by atoms with Crippen molar-refractivity contribution in [1.29, 1.82) is 0 Å². The van der Waals surface area contributed by atoms with Crippen molar-refractivity contribution in [3.63, 3.8) is 0 Å². The first kappa shape index (κ1) is 21.4. The Balaban J connectivity index is 1.87. The van der Waals surface area contributed by atoms with Gasteiger partial charge in [0.1, 0.15) is 0 Å². The summed E-state index contributed by atoms with van der Waals surface area (Å²) in [7, 11) is 0. The molecular weight excluding hydrogens is 340 g/mol. The van der Waals surface area contributed by atoms with Gasteiger partial charge >= 0.3 is 5.97 Å². The van der Waals surface area contributed by atoms with Crippen molar-refractivity contribution in [3.05, 3.63) is 48.6 Å². The van der Waals surface area contributed by atoms with E-state index in [1.54, 1.807) is 6.08 Å². The Morgan fingerprint density at radius 1 is 1.33 bits per heavy atom. The second-order valence-electron chi connectivity index (χ2n) is 7.76. The van der Waals surface area contributed by atoms with E-state index in [1.165, 1.54) is 6.42 Å². The molecule has 4 nitrogen and oxygen atoms in total. The number of carboxylic acid groups (broad SMARTS) is 1. The molecule has 4 heteroatoms. The van der Waals surface area contributed by atoms with E-state index in [0.717, 1.165) is 19.3 Å². The summed E-state index contributed by atoms with van der Waals surface area (Å²) in [5, 5.41) is 19.3. The summed E-state index contributed by atoms with van der Waals surface area (Å²) in [4.78, 5) is 22.6. The number of carboxylic acids is 1. The minimum absolute atomic E-state index is 0.0228. The molecule has 0 bridgehead atoms. The lowest BCUT2D eigenvalue weighted by atomic mass is 9.63. The van der Waals surface area contributed by atoms with Crippen LogP contribution in [0.15, 0.2) is 48.6 Å². The molecule has 0 heterocycles. The smallest absolute Gasteiger partial charge is 0.303 e. The first-order valence-electron chi connectivity index (χ1n) is 10.0. The zero-order valence-corrected chi connectivity index (χ0v) is 16.2. The molecule has 1 saturated carbocycles. The normalized spacial score (nSPS) is 25.6. The quantitative estimate of drug-likeness (QED) is 0.410. The third-order valence-electron chi connectivity index (χ3n) is 5.88. The van der Waals surface area contributed by atoms with Gasteiger partial charge in [-0.1, -0.05) is 49.0 Å². The molecule has 148 valence electrons. The molecule has 0 radical (unpaired) electrons. The Labute approximate surface area is 162 Å². The summed E-state index contributed by atoms with van der Waals surface area (Å²) in [5.74, 6) is -0.741. The van der Waals surface area contributed by atoms with Crippen LogP contribution < -0.4 is 0 Å². The van der Waals surface area contributed by atoms with E-state index in [9.17, 15) is 14.7 Å². The van der Waals surface area contributed by atoms with Crippen LogP contribution in [0.2, 0.25) is 0 Å². The largest absolute Gasteiger partial charge is 0.481 e. The predicted molar refractivity (Wildman–Crippen MR) is 107 cm³/mol. The first-order chi connectivity index (χ1) is 13.0. The van der Waals surface area contributed by atoms with Crippen LogP contribution >= 0.6 is 0 Å². The fraction of sp³-hybridized carbons (Fsp3) is 0.565. The lowest BCUT2D eigenvalue weighted by molar-refractivity contribution is -0.137. The number of unbranched alkanes of at least 4 members (excludes halogenated alkanes) is 1. The van der Waals surface area contributed by atoms with Crippen LogP contribution in [0, 0.1) is 17.3 Å². The fourth-order valence-corrected chi connectivity index (χ4v) is 3.90. The van der Waals surface area contributed by atoms with E-state index >= 15 is 0 Å². The zero-order valence-electron chi connectivity index (χ0n) is 16.2. The summed E-state index contributed by atoms with van der Waals surface area (Å²) in [6.07, 6.45) is 21.4. The maximum atomic E-state index is 12.1. The second kappa shape index (κ2) is 10.4. The summed E-state index contributed by atoms with van der Waals surface area (Å²) in [6.45, 7) is 2.00. The van der Waals surface area contributed by atoms with Gasteiger partial charge in [-0.25, -0.2) is 0 Å². The van der Waals surface area contributed by atoms with E-state index in [1.807, 2.05) is 43.4 Å². The number of aliphatic carboxylic acids is 1. The summed E-state index contributed by atoms with van der Waals surface area (Å²) >= 11 is 0. The highest BCUT2D eigenvalue weighted by molar-refractivity contribution is 5.95. The Morgan fingerprint density at radius 3 is 2.74 bits per heavy atom. The number of carbonyl (C=O) groups excluding carboxylic acids is 1. The maximum Gasteiger partial charge on any atom is 0.303 e. The van der Waals surface area contributed by atoms with Crippen molar-refractivity contribution in [2.24, 2.45) is 17.3 Å². The zero-order chi connectivity index (χ0) is 19.7. The molecule has 0 aromatic heterocycles. The number of aliphatic hydroxyl groups is 1. The van der Waals surface area contributed by atoms with Crippen LogP contribution in [0.3, 0.4) is 0 Å². The average molecular weight is 373 g/mol. The van der Waals surface area contributed by atoms with E-state index in [4.69, 9.17) is 5.11 Å². The topological polar surface area (TPSA) is 74.6 Å². The van der Waals surface area contributed by atoms with Gasteiger partial charge in [0.05, 0.1) is 6.10 Å². The fourth-order valence-electron chi connectivity index (χ4n) is 3.90. The number of allylic oxidation sites excluding steroid dienone is 7. The van der Waals surface area contributed by atoms with Crippen molar-refractivity contribution in [2.45, 2.75) is 64.4 Å². The van der Waals surface area contributed by atoms with Gasteiger partial charge in [-0.2, -0.15) is 0 Å². The van der Waals surface area contributed by atoms with Crippen LogP contribution in [0.1, 0.15) is 58.3 Å². The first-order valence-corrected chi connectivity index (χ1v) is 10.0. The van der Waals surface area contributed by atoms with Crippen LogP contribution in [-0.2, 0) is 9.59 Å². The van der Waals surface area contributed by atoms with Gasteiger partial charge in [-0.05, 0) is 51.5 Å². The van der Waals surface area contributed by atoms with E-state index in [2.05, 4.69) is 6.08 Å². The Morgan fingerprint density at radius 2 is 2.11 bits per heavy atom.